The van der Waals surface area contributed by atoms with Crippen LogP contribution in [0.15, 0.2) is 23.0 Å². The molecular formula is C39H49FN6O8S. The SMILES string of the molecule is CC[C@@]1(O)C(=O)OCc2c1cc1n(c2=O)Cc2c-1nc1cc(F)c(C)cc1c2CNC(=O)CCCCCSCNC(=O)[C@H](C)CC(=O)[C@H](C)NC(=O)[C@H](C)N. The summed E-state index contributed by atoms with van der Waals surface area (Å²) in [5.41, 5.74) is 6.48. The standard InChI is InChI=1S/C39H49FN6O8S/c1-6-39(53)28-14-31-34-26(17-46(31)37(51)27(28)18-54-38(39)52)25(24-12-20(2)29(40)15-30(24)45-34)16-42-33(48)10-8-7-9-11-55-19-43-35(49)21(3)13-32(47)23(5)44-36(50)22(4)41/h12,14-15,21-23,53H,6-11,13,16-19,41H2,1-5H3,(H,42,48)(H,43,49)(H,44,50)/t21-,22+,23+,39+/m1/s1. The molecule has 3 aromatic rings. The molecule has 296 valence electrons. The predicted molar refractivity (Wildman–Crippen MR) is 205 cm³/mol. The number of fused-ring (bicyclic) bond motifs is 5. The van der Waals surface area contributed by atoms with Gasteiger partial charge in [0.25, 0.3) is 5.56 Å². The van der Waals surface area contributed by atoms with E-state index < -0.39 is 46.9 Å². The van der Waals surface area contributed by atoms with Crippen molar-refractivity contribution in [2.45, 2.75) is 111 Å². The second-order valence-electron chi connectivity index (χ2n) is 14.4. The van der Waals surface area contributed by atoms with Gasteiger partial charge in [-0.1, -0.05) is 20.3 Å². The topological polar surface area (TPSA) is 212 Å². The minimum Gasteiger partial charge on any atom is -0.458 e. The lowest BCUT2D eigenvalue weighted by Crippen LogP contribution is -2.46. The third kappa shape index (κ3) is 8.92. The molecule has 5 rings (SSSR count). The number of hydrogen-bond acceptors (Lipinski definition) is 11. The molecule has 0 aliphatic carbocycles. The van der Waals surface area contributed by atoms with E-state index in [0.717, 1.165) is 18.6 Å². The summed E-state index contributed by atoms with van der Waals surface area (Å²) in [6.07, 6.45) is 2.54. The number of esters is 1. The lowest BCUT2D eigenvalue weighted by Gasteiger charge is -2.31. The molecule has 2 aliphatic rings. The van der Waals surface area contributed by atoms with Gasteiger partial charge in [-0.25, -0.2) is 14.2 Å². The average molecular weight is 781 g/mol. The fourth-order valence-corrected chi connectivity index (χ4v) is 7.60. The molecule has 0 bridgehead atoms. The number of unbranched alkanes of at least 4 members (excludes halogenated alkanes) is 2. The van der Waals surface area contributed by atoms with Gasteiger partial charge in [0.1, 0.15) is 12.4 Å². The van der Waals surface area contributed by atoms with Crippen LogP contribution < -0.4 is 27.2 Å². The van der Waals surface area contributed by atoms with Gasteiger partial charge in [-0.3, -0.25) is 24.0 Å². The molecule has 16 heteroatoms. The number of thioether (sulfide) groups is 1. The zero-order valence-electron chi connectivity index (χ0n) is 31.8. The Kier molecular flexibility index (Phi) is 13.1. The highest BCUT2D eigenvalue weighted by Gasteiger charge is 2.45. The lowest BCUT2D eigenvalue weighted by molar-refractivity contribution is -0.172. The number of benzene rings is 1. The highest BCUT2D eigenvalue weighted by molar-refractivity contribution is 7.99. The van der Waals surface area contributed by atoms with Crippen molar-refractivity contribution in [3.05, 3.63) is 62.2 Å². The van der Waals surface area contributed by atoms with Crippen LogP contribution in [0.5, 0.6) is 0 Å². The van der Waals surface area contributed by atoms with Gasteiger partial charge in [-0.2, -0.15) is 0 Å². The molecule has 0 fully saturated rings. The highest BCUT2D eigenvalue weighted by Crippen LogP contribution is 2.40. The number of aliphatic hydroxyl groups is 1. The molecule has 4 heterocycles. The molecule has 0 saturated carbocycles. The molecule has 0 unspecified atom stereocenters. The van der Waals surface area contributed by atoms with E-state index in [1.54, 1.807) is 39.8 Å². The van der Waals surface area contributed by atoms with Gasteiger partial charge in [-0.15, -0.1) is 11.8 Å². The number of nitrogens with zero attached hydrogens (tertiary/aromatic N) is 2. The second-order valence-corrected chi connectivity index (χ2v) is 15.5. The molecule has 6 N–H and O–H groups in total. The Morgan fingerprint density at radius 2 is 1.82 bits per heavy atom. The summed E-state index contributed by atoms with van der Waals surface area (Å²) in [4.78, 5) is 80.6. The Morgan fingerprint density at radius 3 is 2.53 bits per heavy atom. The van der Waals surface area contributed by atoms with Gasteiger partial charge < -0.3 is 36.1 Å². The van der Waals surface area contributed by atoms with Gasteiger partial charge in [0.05, 0.1) is 47.0 Å². The average Bonchev–Trinajstić information content (AvgIpc) is 3.51. The molecule has 3 amide bonds. The van der Waals surface area contributed by atoms with Crippen LogP contribution in [0.25, 0.3) is 22.3 Å². The Hall–Kier alpha value is -4.67. The predicted octanol–water partition coefficient (Wildman–Crippen LogP) is 2.96. The summed E-state index contributed by atoms with van der Waals surface area (Å²) >= 11 is 1.54. The monoisotopic (exact) mass is 780 g/mol. The van der Waals surface area contributed by atoms with E-state index in [-0.39, 0.29) is 67.7 Å². The molecule has 55 heavy (non-hydrogen) atoms. The van der Waals surface area contributed by atoms with Crippen LogP contribution in [0.2, 0.25) is 0 Å². The summed E-state index contributed by atoms with van der Waals surface area (Å²) in [7, 11) is 0. The normalized spacial score (nSPS) is 17.3. The third-order valence-corrected chi connectivity index (χ3v) is 11.2. The van der Waals surface area contributed by atoms with Crippen LogP contribution in [0, 0.1) is 18.7 Å². The molecule has 4 atom stereocenters. The van der Waals surface area contributed by atoms with E-state index in [9.17, 15) is 38.3 Å². The molecular weight excluding hydrogens is 732 g/mol. The summed E-state index contributed by atoms with van der Waals surface area (Å²) in [6, 6.07) is 3.15. The van der Waals surface area contributed by atoms with E-state index >= 15 is 0 Å². The van der Waals surface area contributed by atoms with Crippen molar-refractivity contribution in [2.75, 3.05) is 11.6 Å². The maximum atomic E-state index is 14.8. The molecule has 2 aliphatic heterocycles. The zero-order valence-corrected chi connectivity index (χ0v) is 32.6. The molecule has 14 nitrogen and oxygen atoms in total. The number of nitrogens with two attached hydrogens (primary N) is 1. The van der Waals surface area contributed by atoms with Crippen molar-refractivity contribution in [1.82, 2.24) is 25.5 Å². The molecule has 0 radical (unpaired) electrons. The van der Waals surface area contributed by atoms with Gasteiger partial charge in [0.2, 0.25) is 17.7 Å². The van der Waals surface area contributed by atoms with Crippen molar-refractivity contribution in [2.24, 2.45) is 11.7 Å². The zero-order chi connectivity index (χ0) is 40.2. The number of aryl methyl sites for hydroxylation is 1. The van der Waals surface area contributed by atoms with Crippen molar-refractivity contribution in [3.63, 3.8) is 0 Å². The fourth-order valence-electron chi connectivity index (χ4n) is 6.80. The van der Waals surface area contributed by atoms with Crippen molar-refractivity contribution in [3.8, 4) is 11.4 Å². The number of cyclic esters (lactones) is 1. The van der Waals surface area contributed by atoms with E-state index in [1.165, 1.54) is 29.3 Å². The molecule has 0 saturated heterocycles. The molecule has 1 aromatic carbocycles. The first-order valence-electron chi connectivity index (χ1n) is 18.6. The summed E-state index contributed by atoms with van der Waals surface area (Å²) in [5.74, 6) is -1.77. The van der Waals surface area contributed by atoms with Crippen LogP contribution in [0.3, 0.4) is 0 Å². The Balaban J connectivity index is 1.13. The number of rotatable bonds is 17. The minimum absolute atomic E-state index is 0.00233. The van der Waals surface area contributed by atoms with Crippen LogP contribution >= 0.6 is 11.8 Å². The smallest absolute Gasteiger partial charge is 0.343 e. The van der Waals surface area contributed by atoms with Crippen molar-refractivity contribution >= 4 is 52.1 Å². The lowest BCUT2D eigenvalue weighted by atomic mass is 9.86. The van der Waals surface area contributed by atoms with Crippen molar-refractivity contribution in [1.29, 1.82) is 0 Å². The maximum Gasteiger partial charge on any atom is 0.343 e. The van der Waals surface area contributed by atoms with E-state index in [1.807, 2.05) is 0 Å². The number of aromatic nitrogens is 2. The number of carbonyl (C=O) groups is 5. The third-order valence-electron chi connectivity index (χ3n) is 10.3. The molecule has 0 spiro atoms. The van der Waals surface area contributed by atoms with Gasteiger partial charge in [0, 0.05) is 47.9 Å². The quantitative estimate of drug-likeness (QED) is 0.0597. The number of pyridine rings is 2. The summed E-state index contributed by atoms with van der Waals surface area (Å²) in [5, 5.41) is 20.2. The minimum atomic E-state index is -1.98. The van der Waals surface area contributed by atoms with E-state index in [4.69, 9.17) is 15.5 Å². The van der Waals surface area contributed by atoms with Gasteiger partial charge in [-0.05, 0) is 69.0 Å². The fraction of sp³-hybridized carbons (Fsp3) is 0.513. The number of amides is 3. The van der Waals surface area contributed by atoms with Crippen LogP contribution in [0.4, 0.5) is 4.39 Å². The largest absolute Gasteiger partial charge is 0.458 e. The Labute approximate surface area is 322 Å². The number of carbonyl (C=O) groups excluding carboxylic acids is 5. The van der Waals surface area contributed by atoms with Crippen LogP contribution in [-0.4, -0.2) is 67.8 Å². The molecule has 2 aromatic heterocycles. The number of Topliss-reactive ketones (excluding diaryl/α,β-unsaturated/α-hetero) is 1. The Morgan fingerprint density at radius 1 is 1.07 bits per heavy atom. The Bertz CT molecular complexity index is 2090. The number of halogens is 1. The van der Waals surface area contributed by atoms with Crippen molar-refractivity contribution < 1.29 is 38.2 Å². The first kappa shape index (κ1) is 41.5. The first-order valence-corrected chi connectivity index (χ1v) is 19.7. The summed E-state index contributed by atoms with van der Waals surface area (Å²) in [6.45, 7) is 8.03. The van der Waals surface area contributed by atoms with Gasteiger partial charge in [0.15, 0.2) is 11.4 Å². The van der Waals surface area contributed by atoms with E-state index in [2.05, 4.69) is 16.0 Å². The second kappa shape index (κ2) is 17.4. The summed E-state index contributed by atoms with van der Waals surface area (Å²) < 4.78 is 21.5. The van der Waals surface area contributed by atoms with Crippen LogP contribution in [-0.2, 0) is 54.0 Å². The highest BCUT2D eigenvalue weighted by atomic mass is 32.2. The first-order chi connectivity index (χ1) is 26.1. The van der Waals surface area contributed by atoms with E-state index in [0.29, 0.717) is 51.3 Å². The number of ether oxygens (including phenoxy) is 1. The maximum absolute atomic E-state index is 14.8. The van der Waals surface area contributed by atoms with Gasteiger partial charge >= 0.3 is 5.97 Å². The van der Waals surface area contributed by atoms with Crippen LogP contribution in [0.1, 0.15) is 94.0 Å². The number of nitrogens with one attached hydrogen (secondary N) is 3. The number of hydrogen-bond donors (Lipinski definition) is 5. The number of ketones is 1.